The van der Waals surface area contributed by atoms with Gasteiger partial charge in [-0.3, -0.25) is 4.98 Å². The number of thiophene rings is 1. The molecule has 78 valence electrons. The molecule has 0 saturated heterocycles. The summed E-state index contributed by atoms with van der Waals surface area (Å²) < 4.78 is 0. The van der Waals surface area contributed by atoms with Crippen LogP contribution < -0.4 is 5.73 Å². The van der Waals surface area contributed by atoms with Crippen LogP contribution in [0.15, 0.2) is 29.8 Å². The first-order valence-corrected chi connectivity index (χ1v) is 5.78. The second-order valence-corrected chi connectivity index (χ2v) is 4.84. The van der Waals surface area contributed by atoms with Crippen molar-refractivity contribution in [1.29, 1.82) is 0 Å². The number of nitrogens with two attached hydrogens (primary N) is 1. The van der Waals surface area contributed by atoms with E-state index in [4.69, 9.17) is 5.73 Å². The van der Waals surface area contributed by atoms with E-state index in [1.54, 1.807) is 11.3 Å². The fraction of sp³-hybridized carbons (Fsp3) is 0.250. The fourth-order valence-electron chi connectivity index (χ4n) is 1.53. The van der Waals surface area contributed by atoms with Gasteiger partial charge in [0, 0.05) is 11.1 Å². The lowest BCUT2D eigenvalue weighted by atomic mass is 10.1. The molecule has 2 N–H and O–H groups in total. The molecule has 15 heavy (non-hydrogen) atoms. The molecule has 1 atom stereocenters. The van der Waals surface area contributed by atoms with Crippen molar-refractivity contribution in [3.8, 4) is 0 Å². The summed E-state index contributed by atoms with van der Waals surface area (Å²) in [5.41, 5.74) is 9.43. The Morgan fingerprint density at radius 3 is 2.73 bits per heavy atom. The van der Waals surface area contributed by atoms with E-state index in [0.717, 1.165) is 11.3 Å². The van der Waals surface area contributed by atoms with E-state index < -0.39 is 0 Å². The third kappa shape index (κ3) is 2.25. The molecule has 0 aromatic carbocycles. The van der Waals surface area contributed by atoms with Crippen LogP contribution in [0.3, 0.4) is 0 Å². The normalized spacial score (nSPS) is 12.7. The number of aryl methyl sites for hydroxylation is 2. The summed E-state index contributed by atoms with van der Waals surface area (Å²) in [6, 6.07) is 6.04. The summed E-state index contributed by atoms with van der Waals surface area (Å²) in [6.07, 6.45) is 1.81. The van der Waals surface area contributed by atoms with Crippen LogP contribution in [-0.2, 0) is 0 Å². The first-order chi connectivity index (χ1) is 7.16. The Morgan fingerprint density at radius 2 is 2.13 bits per heavy atom. The van der Waals surface area contributed by atoms with Gasteiger partial charge in [0.05, 0.1) is 11.7 Å². The minimum Gasteiger partial charge on any atom is -0.319 e. The molecule has 0 bridgehead atoms. The van der Waals surface area contributed by atoms with Crippen molar-refractivity contribution in [2.24, 2.45) is 5.73 Å². The zero-order valence-corrected chi connectivity index (χ0v) is 9.71. The summed E-state index contributed by atoms with van der Waals surface area (Å²) in [5.74, 6) is 0. The molecule has 2 aromatic rings. The first kappa shape index (κ1) is 10.3. The van der Waals surface area contributed by atoms with Gasteiger partial charge in [-0.2, -0.15) is 0 Å². The van der Waals surface area contributed by atoms with Crippen LogP contribution in [0, 0.1) is 13.8 Å². The Labute approximate surface area is 93.8 Å². The highest BCUT2D eigenvalue weighted by molar-refractivity contribution is 7.10. The fourth-order valence-corrected chi connectivity index (χ4v) is 2.27. The number of nitrogens with zero attached hydrogens (tertiary/aromatic N) is 1. The maximum Gasteiger partial charge on any atom is 0.0734 e. The third-order valence-electron chi connectivity index (χ3n) is 2.37. The average molecular weight is 218 g/mol. The molecular weight excluding hydrogens is 204 g/mol. The van der Waals surface area contributed by atoms with E-state index in [2.05, 4.69) is 30.3 Å². The quantitative estimate of drug-likeness (QED) is 0.841. The van der Waals surface area contributed by atoms with Gasteiger partial charge in [-0.15, -0.1) is 11.3 Å². The second kappa shape index (κ2) is 4.13. The van der Waals surface area contributed by atoms with Crippen molar-refractivity contribution < 1.29 is 0 Å². The standard InChI is InChI=1S/C12H14N2S/c1-8-3-4-14-11(5-8)12(13)10-6-9(2)15-7-10/h3-7,12H,13H2,1-2H3. The molecule has 0 spiro atoms. The minimum atomic E-state index is -0.102. The van der Waals surface area contributed by atoms with E-state index in [1.807, 2.05) is 18.3 Å². The van der Waals surface area contributed by atoms with Crippen molar-refractivity contribution >= 4 is 11.3 Å². The van der Waals surface area contributed by atoms with Gasteiger partial charge in [0.2, 0.25) is 0 Å². The maximum atomic E-state index is 6.14. The summed E-state index contributed by atoms with van der Waals surface area (Å²) in [4.78, 5) is 5.59. The van der Waals surface area contributed by atoms with Crippen LogP contribution in [0.2, 0.25) is 0 Å². The zero-order chi connectivity index (χ0) is 10.8. The number of pyridine rings is 1. The molecule has 2 aromatic heterocycles. The average Bonchev–Trinajstić information content (AvgIpc) is 2.64. The first-order valence-electron chi connectivity index (χ1n) is 4.90. The third-order valence-corrected chi connectivity index (χ3v) is 3.24. The highest BCUT2D eigenvalue weighted by atomic mass is 32.1. The lowest BCUT2D eigenvalue weighted by molar-refractivity contribution is 0.830. The Balaban J connectivity index is 2.32. The molecule has 0 aliphatic rings. The van der Waals surface area contributed by atoms with Gasteiger partial charge < -0.3 is 5.73 Å². The second-order valence-electron chi connectivity index (χ2n) is 3.73. The van der Waals surface area contributed by atoms with Crippen molar-refractivity contribution in [2.75, 3.05) is 0 Å². The number of aromatic nitrogens is 1. The molecule has 0 saturated carbocycles. The van der Waals surface area contributed by atoms with Crippen LogP contribution >= 0.6 is 11.3 Å². The van der Waals surface area contributed by atoms with Gasteiger partial charge in [-0.25, -0.2) is 0 Å². The number of hydrogen-bond donors (Lipinski definition) is 1. The Bertz CT molecular complexity index is 462. The van der Waals surface area contributed by atoms with Gasteiger partial charge in [0.1, 0.15) is 0 Å². The Morgan fingerprint density at radius 1 is 1.33 bits per heavy atom. The summed E-state index contributed by atoms with van der Waals surface area (Å²) in [7, 11) is 0. The molecule has 0 aliphatic carbocycles. The number of rotatable bonds is 2. The Kier molecular flexibility index (Phi) is 2.84. The molecule has 2 heterocycles. The van der Waals surface area contributed by atoms with Gasteiger partial charge >= 0.3 is 0 Å². The van der Waals surface area contributed by atoms with E-state index in [0.29, 0.717) is 0 Å². The largest absolute Gasteiger partial charge is 0.319 e. The minimum absolute atomic E-state index is 0.102. The van der Waals surface area contributed by atoms with Crippen LogP contribution in [0.25, 0.3) is 0 Å². The molecular formula is C12H14N2S. The summed E-state index contributed by atoms with van der Waals surface area (Å²) >= 11 is 1.72. The van der Waals surface area contributed by atoms with Crippen molar-refractivity contribution in [1.82, 2.24) is 4.98 Å². The molecule has 0 fully saturated rings. The zero-order valence-electron chi connectivity index (χ0n) is 8.90. The predicted molar refractivity (Wildman–Crippen MR) is 64.1 cm³/mol. The molecule has 1 unspecified atom stereocenters. The van der Waals surface area contributed by atoms with Crippen molar-refractivity contribution in [3.05, 3.63) is 51.5 Å². The molecule has 0 amide bonds. The maximum absolute atomic E-state index is 6.14. The van der Waals surface area contributed by atoms with Gasteiger partial charge in [0.25, 0.3) is 0 Å². The van der Waals surface area contributed by atoms with Crippen LogP contribution in [0.5, 0.6) is 0 Å². The topological polar surface area (TPSA) is 38.9 Å². The highest BCUT2D eigenvalue weighted by Crippen LogP contribution is 2.23. The van der Waals surface area contributed by atoms with Crippen LogP contribution in [-0.4, -0.2) is 4.98 Å². The predicted octanol–water partition coefficient (Wildman–Crippen LogP) is 2.81. The lowest BCUT2D eigenvalue weighted by Crippen LogP contribution is -2.12. The SMILES string of the molecule is Cc1ccnc(C(N)c2csc(C)c2)c1. The van der Waals surface area contributed by atoms with Crippen molar-refractivity contribution in [2.45, 2.75) is 19.9 Å². The molecule has 2 nitrogen and oxygen atoms in total. The van der Waals surface area contributed by atoms with Gasteiger partial charge in [-0.1, -0.05) is 0 Å². The van der Waals surface area contributed by atoms with E-state index >= 15 is 0 Å². The van der Waals surface area contributed by atoms with Crippen LogP contribution in [0.4, 0.5) is 0 Å². The monoisotopic (exact) mass is 218 g/mol. The Hall–Kier alpha value is -1.19. The molecule has 2 rings (SSSR count). The van der Waals surface area contributed by atoms with Gasteiger partial charge in [-0.05, 0) is 48.6 Å². The van der Waals surface area contributed by atoms with Crippen LogP contribution in [0.1, 0.15) is 27.7 Å². The summed E-state index contributed by atoms with van der Waals surface area (Å²) in [6.45, 7) is 4.14. The van der Waals surface area contributed by atoms with Gasteiger partial charge in [0.15, 0.2) is 0 Å². The molecule has 0 aliphatic heterocycles. The molecule has 0 radical (unpaired) electrons. The van der Waals surface area contributed by atoms with E-state index in [1.165, 1.54) is 10.4 Å². The van der Waals surface area contributed by atoms with Crippen molar-refractivity contribution in [3.63, 3.8) is 0 Å². The molecule has 3 heteroatoms. The summed E-state index contributed by atoms with van der Waals surface area (Å²) in [5, 5.41) is 2.10. The lowest BCUT2D eigenvalue weighted by Gasteiger charge is -2.09. The highest BCUT2D eigenvalue weighted by Gasteiger charge is 2.11. The van der Waals surface area contributed by atoms with E-state index in [-0.39, 0.29) is 6.04 Å². The smallest absolute Gasteiger partial charge is 0.0734 e. The number of hydrogen-bond acceptors (Lipinski definition) is 3. The van der Waals surface area contributed by atoms with E-state index in [9.17, 15) is 0 Å².